The van der Waals surface area contributed by atoms with E-state index in [0.29, 0.717) is 0 Å². The molecule has 0 aliphatic heterocycles. The molecule has 15 heavy (non-hydrogen) atoms. The third-order valence-corrected chi connectivity index (χ3v) is 3.02. The summed E-state index contributed by atoms with van der Waals surface area (Å²) in [4.78, 5) is 4.31. The molecule has 4 heteroatoms. The van der Waals surface area contributed by atoms with Crippen molar-refractivity contribution in [3.63, 3.8) is 0 Å². The number of pyridine rings is 1. The van der Waals surface area contributed by atoms with Crippen molar-refractivity contribution in [2.24, 2.45) is 0 Å². The van der Waals surface area contributed by atoms with Crippen LogP contribution in [0.15, 0.2) is 41.3 Å². The van der Waals surface area contributed by atoms with E-state index in [0.717, 1.165) is 21.0 Å². The van der Waals surface area contributed by atoms with Gasteiger partial charge in [-0.15, -0.1) is 0 Å². The summed E-state index contributed by atoms with van der Waals surface area (Å²) >= 11 is 3.42. The van der Waals surface area contributed by atoms with Gasteiger partial charge in [-0.2, -0.15) is 0 Å². The zero-order valence-corrected chi connectivity index (χ0v) is 9.27. The standard InChI is InChI=1S/C11H7BrN2O/c12-10-6-13-11-9-2-1-8(15)5-7(9)3-4-14(10)11/h1-6,15H. The Hall–Kier alpha value is -1.55. The van der Waals surface area contributed by atoms with E-state index in [1.807, 2.05) is 22.7 Å². The average Bonchev–Trinajstić information content (AvgIpc) is 2.60. The van der Waals surface area contributed by atoms with Crippen LogP contribution in [0.1, 0.15) is 0 Å². The van der Waals surface area contributed by atoms with Gasteiger partial charge in [0.2, 0.25) is 0 Å². The summed E-state index contributed by atoms with van der Waals surface area (Å²) < 4.78 is 2.88. The molecular weight excluding hydrogens is 256 g/mol. The van der Waals surface area contributed by atoms with Gasteiger partial charge >= 0.3 is 0 Å². The smallest absolute Gasteiger partial charge is 0.145 e. The van der Waals surface area contributed by atoms with Crippen molar-refractivity contribution in [1.82, 2.24) is 9.38 Å². The lowest BCUT2D eigenvalue weighted by Crippen LogP contribution is -1.85. The van der Waals surface area contributed by atoms with Crippen LogP contribution in [0, 0.1) is 0 Å². The molecular formula is C11H7BrN2O. The first kappa shape index (κ1) is 8.73. The van der Waals surface area contributed by atoms with Gasteiger partial charge in [0, 0.05) is 11.6 Å². The summed E-state index contributed by atoms with van der Waals surface area (Å²) in [6, 6.07) is 7.23. The molecule has 1 N–H and O–H groups in total. The highest BCUT2D eigenvalue weighted by molar-refractivity contribution is 9.10. The zero-order valence-electron chi connectivity index (χ0n) is 7.68. The molecule has 0 spiro atoms. The first-order valence-corrected chi connectivity index (χ1v) is 5.29. The molecule has 0 saturated carbocycles. The Morgan fingerprint density at radius 1 is 1.27 bits per heavy atom. The number of hydrogen-bond donors (Lipinski definition) is 1. The summed E-state index contributed by atoms with van der Waals surface area (Å²) in [5.41, 5.74) is 0.888. The van der Waals surface area contributed by atoms with Crippen LogP contribution in [0.4, 0.5) is 0 Å². The van der Waals surface area contributed by atoms with E-state index in [9.17, 15) is 5.11 Å². The molecule has 0 saturated heterocycles. The van der Waals surface area contributed by atoms with Crippen LogP contribution in [0.5, 0.6) is 5.75 Å². The highest BCUT2D eigenvalue weighted by Gasteiger charge is 2.04. The maximum Gasteiger partial charge on any atom is 0.145 e. The van der Waals surface area contributed by atoms with Crippen LogP contribution in [-0.2, 0) is 0 Å². The second-order valence-corrected chi connectivity index (χ2v) is 4.17. The van der Waals surface area contributed by atoms with Gasteiger partial charge in [0.25, 0.3) is 0 Å². The molecule has 0 bridgehead atoms. The number of benzene rings is 1. The molecule has 0 aliphatic carbocycles. The number of aromatic hydroxyl groups is 1. The Bertz CT molecular complexity index is 660. The van der Waals surface area contributed by atoms with E-state index in [2.05, 4.69) is 20.9 Å². The van der Waals surface area contributed by atoms with E-state index >= 15 is 0 Å². The van der Waals surface area contributed by atoms with E-state index in [4.69, 9.17) is 0 Å². The van der Waals surface area contributed by atoms with Gasteiger partial charge in [0.1, 0.15) is 16.0 Å². The van der Waals surface area contributed by atoms with Gasteiger partial charge in [-0.25, -0.2) is 4.98 Å². The van der Waals surface area contributed by atoms with Crippen molar-refractivity contribution in [2.45, 2.75) is 0 Å². The number of nitrogens with zero attached hydrogens (tertiary/aromatic N) is 2. The highest BCUT2D eigenvalue weighted by Crippen LogP contribution is 2.25. The quantitative estimate of drug-likeness (QED) is 0.677. The third kappa shape index (κ3) is 1.22. The number of phenolic OH excluding ortho intramolecular Hbond substituents is 1. The van der Waals surface area contributed by atoms with Crippen molar-refractivity contribution in [1.29, 1.82) is 0 Å². The first-order valence-electron chi connectivity index (χ1n) is 4.50. The minimum atomic E-state index is 0.275. The molecule has 2 heterocycles. The summed E-state index contributed by atoms with van der Waals surface area (Å²) in [7, 11) is 0. The number of halogens is 1. The third-order valence-electron chi connectivity index (χ3n) is 2.43. The van der Waals surface area contributed by atoms with E-state index in [1.54, 1.807) is 18.3 Å². The van der Waals surface area contributed by atoms with Crippen molar-refractivity contribution in [2.75, 3.05) is 0 Å². The monoisotopic (exact) mass is 262 g/mol. The minimum absolute atomic E-state index is 0.275. The Labute approximate surface area is 94.1 Å². The van der Waals surface area contributed by atoms with Crippen LogP contribution in [0.2, 0.25) is 0 Å². The van der Waals surface area contributed by atoms with Gasteiger partial charge in [0.15, 0.2) is 0 Å². The second kappa shape index (κ2) is 2.97. The average molecular weight is 263 g/mol. The van der Waals surface area contributed by atoms with Gasteiger partial charge in [0.05, 0.1) is 6.20 Å². The van der Waals surface area contributed by atoms with Gasteiger partial charge < -0.3 is 5.11 Å². The largest absolute Gasteiger partial charge is 0.508 e. The van der Waals surface area contributed by atoms with Gasteiger partial charge in [-0.05, 0) is 45.6 Å². The molecule has 0 unspecified atom stereocenters. The molecule has 3 nitrogen and oxygen atoms in total. The highest BCUT2D eigenvalue weighted by atomic mass is 79.9. The first-order chi connectivity index (χ1) is 7.25. The zero-order chi connectivity index (χ0) is 10.4. The van der Waals surface area contributed by atoms with Crippen LogP contribution in [-0.4, -0.2) is 14.5 Å². The van der Waals surface area contributed by atoms with Crippen molar-refractivity contribution < 1.29 is 5.11 Å². The Balaban J connectivity index is 2.55. The molecule has 1 aromatic carbocycles. The fourth-order valence-corrected chi connectivity index (χ4v) is 2.12. The number of aromatic nitrogens is 2. The summed E-state index contributed by atoms with van der Waals surface area (Å²) in [5, 5.41) is 11.4. The Morgan fingerprint density at radius 3 is 3.00 bits per heavy atom. The molecule has 3 rings (SSSR count). The van der Waals surface area contributed by atoms with Crippen LogP contribution < -0.4 is 0 Å². The molecule has 2 aromatic heterocycles. The van der Waals surface area contributed by atoms with E-state index < -0.39 is 0 Å². The molecule has 0 fully saturated rings. The second-order valence-electron chi connectivity index (χ2n) is 3.36. The van der Waals surface area contributed by atoms with Crippen LogP contribution in [0.25, 0.3) is 16.4 Å². The number of phenols is 1. The van der Waals surface area contributed by atoms with Gasteiger partial charge in [-0.1, -0.05) is 0 Å². The number of imidazole rings is 1. The molecule has 0 atom stereocenters. The maximum atomic E-state index is 9.37. The van der Waals surface area contributed by atoms with Crippen molar-refractivity contribution >= 4 is 32.3 Å². The molecule has 0 amide bonds. The Morgan fingerprint density at radius 2 is 2.13 bits per heavy atom. The fraction of sp³-hybridized carbons (Fsp3) is 0. The number of rotatable bonds is 0. The summed E-state index contributed by atoms with van der Waals surface area (Å²) in [6.07, 6.45) is 3.69. The van der Waals surface area contributed by atoms with Crippen molar-refractivity contribution in [3.05, 3.63) is 41.3 Å². The van der Waals surface area contributed by atoms with E-state index in [-0.39, 0.29) is 5.75 Å². The lowest BCUT2D eigenvalue weighted by Gasteiger charge is -2.01. The fourth-order valence-electron chi connectivity index (χ4n) is 1.73. The summed E-state index contributed by atoms with van der Waals surface area (Å²) in [6.45, 7) is 0. The SMILES string of the molecule is Oc1ccc2c(ccn3c(Br)cnc23)c1. The lowest BCUT2D eigenvalue weighted by atomic mass is 10.1. The molecule has 0 radical (unpaired) electrons. The lowest BCUT2D eigenvalue weighted by molar-refractivity contribution is 0.476. The molecule has 0 aliphatic rings. The van der Waals surface area contributed by atoms with Crippen LogP contribution in [0.3, 0.4) is 0 Å². The number of hydrogen-bond acceptors (Lipinski definition) is 2. The predicted octanol–water partition coefficient (Wildman–Crippen LogP) is 2.96. The maximum absolute atomic E-state index is 9.37. The van der Waals surface area contributed by atoms with Crippen LogP contribution >= 0.6 is 15.9 Å². The minimum Gasteiger partial charge on any atom is -0.508 e. The predicted molar refractivity (Wildman–Crippen MR) is 62.1 cm³/mol. The Kier molecular flexibility index (Phi) is 1.73. The van der Waals surface area contributed by atoms with Crippen molar-refractivity contribution in [3.8, 4) is 5.75 Å². The normalized spacial score (nSPS) is 11.3. The van der Waals surface area contributed by atoms with Gasteiger partial charge in [-0.3, -0.25) is 4.40 Å². The molecule has 3 aromatic rings. The molecule has 74 valence electrons. The number of fused-ring (bicyclic) bond motifs is 3. The topological polar surface area (TPSA) is 37.5 Å². The van der Waals surface area contributed by atoms with E-state index in [1.165, 1.54) is 0 Å². The summed E-state index contributed by atoms with van der Waals surface area (Å²) in [5.74, 6) is 0.275.